The van der Waals surface area contributed by atoms with E-state index in [0.717, 1.165) is 102 Å². The molecular formula is C73H142O17P2. The highest BCUT2D eigenvalue weighted by molar-refractivity contribution is 7.47. The lowest BCUT2D eigenvalue weighted by molar-refractivity contribution is -0.161. The molecule has 2 unspecified atom stereocenters. The van der Waals surface area contributed by atoms with Crippen molar-refractivity contribution >= 4 is 39.5 Å². The molecule has 5 atom stereocenters. The molecule has 0 aromatic carbocycles. The Kier molecular flexibility index (Phi) is 64.9. The van der Waals surface area contributed by atoms with Crippen molar-refractivity contribution in [3.8, 4) is 0 Å². The van der Waals surface area contributed by atoms with Gasteiger partial charge in [-0.25, -0.2) is 9.13 Å². The van der Waals surface area contributed by atoms with Crippen LogP contribution >= 0.6 is 15.6 Å². The normalized spacial score (nSPS) is 14.0. The van der Waals surface area contributed by atoms with Crippen molar-refractivity contribution in [2.45, 2.75) is 400 Å². The number of phosphoric ester groups is 2. The molecule has 0 aromatic heterocycles. The maximum absolute atomic E-state index is 13.1. The van der Waals surface area contributed by atoms with E-state index in [2.05, 4.69) is 34.6 Å². The van der Waals surface area contributed by atoms with E-state index in [1.807, 2.05) is 0 Å². The van der Waals surface area contributed by atoms with E-state index in [4.69, 9.17) is 37.0 Å². The molecule has 546 valence electrons. The van der Waals surface area contributed by atoms with Gasteiger partial charge in [-0.15, -0.1) is 0 Å². The van der Waals surface area contributed by atoms with Crippen LogP contribution in [0, 0.1) is 5.92 Å². The molecule has 0 saturated carbocycles. The molecule has 0 aliphatic rings. The summed E-state index contributed by atoms with van der Waals surface area (Å²) >= 11 is 0. The van der Waals surface area contributed by atoms with Crippen LogP contribution in [0.3, 0.4) is 0 Å². The van der Waals surface area contributed by atoms with E-state index in [1.54, 1.807) is 0 Å². The van der Waals surface area contributed by atoms with E-state index in [0.29, 0.717) is 25.7 Å². The zero-order valence-electron chi connectivity index (χ0n) is 59.7. The van der Waals surface area contributed by atoms with Crippen LogP contribution in [-0.4, -0.2) is 96.7 Å². The summed E-state index contributed by atoms with van der Waals surface area (Å²) in [6.45, 7) is 7.26. The van der Waals surface area contributed by atoms with Crippen molar-refractivity contribution < 1.29 is 80.2 Å². The molecule has 0 saturated heterocycles. The van der Waals surface area contributed by atoms with E-state index in [1.165, 1.54) is 199 Å². The minimum atomic E-state index is -4.95. The zero-order valence-corrected chi connectivity index (χ0v) is 61.5. The van der Waals surface area contributed by atoms with Gasteiger partial charge in [0, 0.05) is 25.7 Å². The number of hydrogen-bond acceptors (Lipinski definition) is 15. The van der Waals surface area contributed by atoms with Crippen molar-refractivity contribution in [3.05, 3.63) is 0 Å². The number of aliphatic hydroxyl groups is 1. The third-order valence-corrected chi connectivity index (χ3v) is 18.9. The SMILES string of the molecule is CCCCCCCCCCCCCCCCCCC(=O)OC[C@H](COP(=O)(O)OC[C@@H](O)COP(=O)(O)OC[C@@H](COC(=O)CCCCCCCCCC)OC(=O)CCCCCCCCCCC)OC(=O)CCCCCCCCCCCCCCCCCCC(C)C. The van der Waals surface area contributed by atoms with Crippen LogP contribution in [0.1, 0.15) is 381 Å². The van der Waals surface area contributed by atoms with Gasteiger partial charge < -0.3 is 33.8 Å². The van der Waals surface area contributed by atoms with Crippen LogP contribution in [0.25, 0.3) is 0 Å². The fourth-order valence-corrected chi connectivity index (χ4v) is 12.8. The van der Waals surface area contributed by atoms with Crippen molar-refractivity contribution in [1.29, 1.82) is 0 Å². The Labute approximate surface area is 562 Å². The number of esters is 4. The summed E-state index contributed by atoms with van der Waals surface area (Å²) in [5.74, 6) is -1.31. The maximum atomic E-state index is 13.1. The third-order valence-electron chi connectivity index (χ3n) is 17.0. The maximum Gasteiger partial charge on any atom is 0.472 e. The van der Waals surface area contributed by atoms with Crippen LogP contribution in [0.4, 0.5) is 0 Å². The molecule has 92 heavy (non-hydrogen) atoms. The van der Waals surface area contributed by atoms with Gasteiger partial charge in [0.15, 0.2) is 12.2 Å². The molecule has 19 heteroatoms. The van der Waals surface area contributed by atoms with Crippen LogP contribution in [0.2, 0.25) is 0 Å². The number of carbonyl (C=O) groups is 4. The summed E-state index contributed by atoms with van der Waals surface area (Å²) in [6, 6.07) is 0. The topological polar surface area (TPSA) is 237 Å². The van der Waals surface area contributed by atoms with Crippen LogP contribution in [0.15, 0.2) is 0 Å². The fourth-order valence-electron chi connectivity index (χ4n) is 11.2. The van der Waals surface area contributed by atoms with Gasteiger partial charge in [-0.2, -0.15) is 0 Å². The second-order valence-corrected chi connectivity index (χ2v) is 29.7. The molecule has 0 radical (unpaired) electrons. The number of unbranched alkanes of at least 4 members (excludes halogenated alkanes) is 45. The van der Waals surface area contributed by atoms with Gasteiger partial charge in [-0.1, -0.05) is 330 Å². The largest absolute Gasteiger partial charge is 0.472 e. The van der Waals surface area contributed by atoms with Gasteiger partial charge in [0.05, 0.1) is 26.4 Å². The Morgan fingerprint density at radius 1 is 0.293 bits per heavy atom. The first kappa shape index (κ1) is 90.1. The monoisotopic (exact) mass is 1350 g/mol. The van der Waals surface area contributed by atoms with Gasteiger partial charge in [-0.05, 0) is 31.6 Å². The first-order valence-corrected chi connectivity index (χ1v) is 41.1. The molecule has 0 aliphatic heterocycles. The summed E-state index contributed by atoms with van der Waals surface area (Å²) in [4.78, 5) is 72.5. The lowest BCUT2D eigenvalue weighted by atomic mass is 10.0. The first-order chi connectivity index (χ1) is 44.5. The summed E-state index contributed by atoms with van der Waals surface area (Å²) in [5.41, 5.74) is 0. The first-order valence-electron chi connectivity index (χ1n) is 38.1. The highest BCUT2D eigenvalue weighted by atomic mass is 31.2. The van der Waals surface area contributed by atoms with Crippen molar-refractivity contribution in [3.63, 3.8) is 0 Å². The third kappa shape index (κ3) is 66.7. The van der Waals surface area contributed by atoms with Gasteiger partial charge in [0.25, 0.3) is 0 Å². The van der Waals surface area contributed by atoms with E-state index >= 15 is 0 Å². The van der Waals surface area contributed by atoms with Crippen molar-refractivity contribution in [1.82, 2.24) is 0 Å². The Bertz CT molecular complexity index is 1770. The van der Waals surface area contributed by atoms with Gasteiger partial charge in [-0.3, -0.25) is 37.3 Å². The number of ether oxygens (including phenoxy) is 4. The average Bonchev–Trinajstić information content (AvgIpc) is 3.23. The Balaban J connectivity index is 5.18. The van der Waals surface area contributed by atoms with Crippen LogP contribution in [0.5, 0.6) is 0 Å². The van der Waals surface area contributed by atoms with Crippen molar-refractivity contribution in [2.75, 3.05) is 39.6 Å². The Morgan fingerprint density at radius 2 is 0.500 bits per heavy atom. The molecule has 0 aromatic rings. The lowest BCUT2D eigenvalue weighted by Crippen LogP contribution is -2.30. The van der Waals surface area contributed by atoms with Crippen LogP contribution in [-0.2, 0) is 65.4 Å². The molecule has 0 rings (SSSR count). The van der Waals surface area contributed by atoms with Gasteiger partial charge in [0.1, 0.15) is 19.3 Å². The molecule has 0 amide bonds. The number of rotatable bonds is 73. The van der Waals surface area contributed by atoms with Gasteiger partial charge >= 0.3 is 39.5 Å². The van der Waals surface area contributed by atoms with Crippen LogP contribution < -0.4 is 0 Å². The fraction of sp³-hybridized carbons (Fsp3) is 0.945. The molecule has 3 N–H and O–H groups in total. The number of phosphoric acid groups is 2. The van der Waals surface area contributed by atoms with E-state index < -0.39 is 97.5 Å². The second-order valence-electron chi connectivity index (χ2n) is 26.8. The lowest BCUT2D eigenvalue weighted by Gasteiger charge is -2.21. The average molecular weight is 1350 g/mol. The molecule has 0 heterocycles. The summed E-state index contributed by atoms with van der Waals surface area (Å²) in [7, 11) is -9.90. The van der Waals surface area contributed by atoms with Gasteiger partial charge in [0.2, 0.25) is 0 Å². The standard InChI is InChI=1S/C73H142O17P2/c1-6-9-12-15-18-21-22-23-24-28-31-34-38-42-47-52-57-71(76)84-63-69(90-73(78)59-54-49-44-39-35-32-29-26-25-27-30-33-37-40-45-50-55-66(4)5)65-88-92(81,82)86-61-67(74)60-85-91(79,80)87-64-68(62-83-70(75)56-51-46-41-20-17-14-11-8-3)89-72(77)58-53-48-43-36-19-16-13-10-7-2/h66-69,74H,6-65H2,1-5H3,(H,79,80)(H,81,82)/t67-,68+,69+/m0/s1. The molecule has 17 nitrogen and oxygen atoms in total. The highest BCUT2D eigenvalue weighted by Gasteiger charge is 2.30. The summed E-state index contributed by atoms with van der Waals surface area (Å²) in [6.07, 6.45) is 54.2. The van der Waals surface area contributed by atoms with Crippen molar-refractivity contribution in [2.24, 2.45) is 5.92 Å². The number of aliphatic hydroxyl groups excluding tert-OH is 1. The quantitative estimate of drug-likeness (QED) is 0.0222. The minimum Gasteiger partial charge on any atom is -0.462 e. The summed E-state index contributed by atoms with van der Waals surface area (Å²) in [5, 5.41) is 10.6. The zero-order chi connectivity index (χ0) is 67.7. The summed E-state index contributed by atoms with van der Waals surface area (Å²) < 4.78 is 68.3. The number of carbonyl (C=O) groups excluding carboxylic acids is 4. The predicted molar refractivity (Wildman–Crippen MR) is 372 cm³/mol. The predicted octanol–water partition coefficient (Wildman–Crippen LogP) is 21.3. The second kappa shape index (κ2) is 66.3. The number of hydrogen-bond donors (Lipinski definition) is 3. The Hall–Kier alpha value is -1.94. The Morgan fingerprint density at radius 3 is 0.739 bits per heavy atom. The minimum absolute atomic E-state index is 0.106. The smallest absolute Gasteiger partial charge is 0.462 e. The van der Waals surface area contributed by atoms with E-state index in [-0.39, 0.29) is 25.7 Å². The molecular weight excluding hydrogens is 1210 g/mol. The molecule has 0 fully saturated rings. The molecule has 0 aliphatic carbocycles. The molecule has 0 spiro atoms. The molecule has 0 bridgehead atoms. The highest BCUT2D eigenvalue weighted by Crippen LogP contribution is 2.45. The van der Waals surface area contributed by atoms with E-state index in [9.17, 15) is 43.2 Å².